The molecule has 0 aliphatic heterocycles. The molecule has 0 spiro atoms. The van der Waals surface area contributed by atoms with Crippen LogP contribution < -0.4 is 10.1 Å². The average Bonchev–Trinajstić information content (AvgIpc) is 2.71. The molecule has 0 atom stereocenters. The maximum Gasteiger partial charge on any atom is 0.145 e. The Hall–Kier alpha value is -3.41. The molecule has 6 nitrogen and oxygen atoms in total. The minimum atomic E-state index is 0.423. The molecule has 2 heterocycles. The molecule has 1 N–H and O–H groups in total. The second-order valence-electron chi connectivity index (χ2n) is 6.41. The van der Waals surface area contributed by atoms with Crippen molar-refractivity contribution in [3.63, 3.8) is 0 Å². The van der Waals surface area contributed by atoms with Crippen molar-refractivity contribution in [3.8, 4) is 17.0 Å². The van der Waals surface area contributed by atoms with E-state index >= 15 is 0 Å². The number of hydrogen-bond acceptors (Lipinski definition) is 6. The minimum Gasteiger partial charge on any atom is -0.494 e. The number of methoxy groups -OCH3 is 1. The Kier molecular flexibility index (Phi) is 5.89. The van der Waals surface area contributed by atoms with Gasteiger partial charge in [0.05, 0.1) is 25.1 Å². The summed E-state index contributed by atoms with van der Waals surface area (Å²) in [6.07, 6.45) is 5.24. The van der Waals surface area contributed by atoms with E-state index in [1.54, 1.807) is 7.11 Å². The largest absolute Gasteiger partial charge is 0.494 e. The van der Waals surface area contributed by atoms with Crippen LogP contribution >= 0.6 is 0 Å². The number of hydrogen-bond donors (Lipinski definition) is 1. The highest BCUT2D eigenvalue weighted by atomic mass is 16.5. The standard InChI is InChI=1S/C22H24N4O2/c1-6-15(3)28-16(4)12-24-22-18-9-17(19-8-7-14(2)11-23-19)10-20(27-5)21(18)25-13-26-22/h6-11,13H,4,12H2,1-3,5H3,(H,24,25,26)/b15-6-. The number of allylic oxidation sites excluding steroid dienone is 2. The second-order valence-corrected chi connectivity index (χ2v) is 6.41. The Morgan fingerprint density at radius 3 is 2.71 bits per heavy atom. The monoisotopic (exact) mass is 376 g/mol. The lowest BCUT2D eigenvalue weighted by Gasteiger charge is -2.14. The number of benzene rings is 1. The first kappa shape index (κ1) is 19.4. The molecular weight excluding hydrogens is 352 g/mol. The molecule has 0 aliphatic carbocycles. The van der Waals surface area contributed by atoms with Crippen molar-refractivity contribution < 1.29 is 9.47 Å². The fourth-order valence-electron chi connectivity index (χ4n) is 2.72. The fraction of sp³-hybridized carbons (Fsp3) is 0.227. The molecule has 1 aromatic carbocycles. The average molecular weight is 376 g/mol. The number of aromatic nitrogens is 3. The van der Waals surface area contributed by atoms with E-state index in [0.717, 1.165) is 33.5 Å². The molecule has 2 aromatic heterocycles. The van der Waals surface area contributed by atoms with Crippen molar-refractivity contribution in [1.29, 1.82) is 0 Å². The summed E-state index contributed by atoms with van der Waals surface area (Å²) in [5.41, 5.74) is 3.63. The molecule has 0 radical (unpaired) electrons. The highest BCUT2D eigenvalue weighted by molar-refractivity contribution is 5.96. The Labute approximate surface area is 165 Å². The normalized spacial score (nSPS) is 11.4. The molecule has 0 fully saturated rings. The van der Waals surface area contributed by atoms with Crippen molar-refractivity contribution in [2.24, 2.45) is 0 Å². The quantitative estimate of drug-likeness (QED) is 0.593. The summed E-state index contributed by atoms with van der Waals surface area (Å²) < 4.78 is 11.2. The number of fused-ring (bicyclic) bond motifs is 1. The van der Waals surface area contributed by atoms with Crippen LogP contribution in [0.25, 0.3) is 22.2 Å². The zero-order valence-corrected chi connectivity index (χ0v) is 16.6. The summed E-state index contributed by atoms with van der Waals surface area (Å²) in [5.74, 6) is 2.75. The number of nitrogens with zero attached hydrogens (tertiary/aromatic N) is 3. The zero-order valence-electron chi connectivity index (χ0n) is 16.6. The van der Waals surface area contributed by atoms with Gasteiger partial charge in [-0.3, -0.25) is 4.98 Å². The highest BCUT2D eigenvalue weighted by Crippen LogP contribution is 2.33. The van der Waals surface area contributed by atoms with Gasteiger partial charge in [-0.2, -0.15) is 0 Å². The van der Waals surface area contributed by atoms with E-state index in [0.29, 0.717) is 23.9 Å². The predicted octanol–water partition coefficient (Wildman–Crippen LogP) is 4.87. The van der Waals surface area contributed by atoms with Crippen molar-refractivity contribution in [2.45, 2.75) is 20.8 Å². The third-order valence-corrected chi connectivity index (χ3v) is 4.30. The number of nitrogens with one attached hydrogen (secondary N) is 1. The van der Waals surface area contributed by atoms with E-state index in [2.05, 4.69) is 26.8 Å². The van der Waals surface area contributed by atoms with Crippen molar-refractivity contribution in [1.82, 2.24) is 15.0 Å². The highest BCUT2D eigenvalue weighted by Gasteiger charge is 2.13. The van der Waals surface area contributed by atoms with Crippen LogP contribution in [0.4, 0.5) is 5.82 Å². The Morgan fingerprint density at radius 2 is 2.04 bits per heavy atom. The summed E-state index contributed by atoms with van der Waals surface area (Å²) in [7, 11) is 1.63. The smallest absolute Gasteiger partial charge is 0.145 e. The predicted molar refractivity (Wildman–Crippen MR) is 112 cm³/mol. The molecule has 3 rings (SSSR count). The first-order chi connectivity index (χ1) is 13.5. The Morgan fingerprint density at radius 1 is 1.21 bits per heavy atom. The van der Waals surface area contributed by atoms with Crippen LogP contribution in [0.5, 0.6) is 5.75 Å². The van der Waals surface area contributed by atoms with E-state index in [1.807, 2.05) is 57.3 Å². The van der Waals surface area contributed by atoms with Crippen molar-refractivity contribution in [3.05, 3.63) is 66.5 Å². The van der Waals surface area contributed by atoms with Gasteiger partial charge >= 0.3 is 0 Å². The molecule has 3 aromatic rings. The lowest BCUT2D eigenvalue weighted by atomic mass is 10.1. The minimum absolute atomic E-state index is 0.423. The van der Waals surface area contributed by atoms with Crippen LogP contribution in [0.3, 0.4) is 0 Å². The van der Waals surface area contributed by atoms with Gasteiger partial charge in [-0.15, -0.1) is 0 Å². The molecule has 6 heteroatoms. The third-order valence-electron chi connectivity index (χ3n) is 4.30. The number of anilines is 1. The Balaban J connectivity index is 1.98. The summed E-state index contributed by atoms with van der Waals surface area (Å²) in [6.45, 7) is 10.2. The van der Waals surface area contributed by atoms with Gasteiger partial charge < -0.3 is 14.8 Å². The summed E-state index contributed by atoms with van der Waals surface area (Å²) in [4.78, 5) is 13.3. The van der Waals surface area contributed by atoms with Crippen LogP contribution in [0, 0.1) is 6.92 Å². The SMILES string of the molecule is C=C(CNc1ncnc2c(OC)cc(-c3ccc(C)cn3)cc12)O/C(C)=C\C. The van der Waals surface area contributed by atoms with E-state index < -0.39 is 0 Å². The van der Waals surface area contributed by atoms with Crippen molar-refractivity contribution in [2.75, 3.05) is 19.0 Å². The molecular formula is C22H24N4O2. The molecule has 28 heavy (non-hydrogen) atoms. The van der Waals surface area contributed by atoms with Gasteiger partial charge in [0.1, 0.15) is 29.2 Å². The summed E-state index contributed by atoms with van der Waals surface area (Å²) >= 11 is 0. The lowest BCUT2D eigenvalue weighted by molar-refractivity contribution is 0.306. The first-order valence-corrected chi connectivity index (χ1v) is 9.00. The molecule has 0 unspecified atom stereocenters. The van der Waals surface area contributed by atoms with E-state index in [-0.39, 0.29) is 0 Å². The number of ether oxygens (including phenoxy) is 2. The van der Waals surface area contributed by atoms with Gasteiger partial charge in [0.2, 0.25) is 0 Å². The summed E-state index contributed by atoms with van der Waals surface area (Å²) in [5, 5.41) is 4.12. The maximum atomic E-state index is 5.61. The summed E-state index contributed by atoms with van der Waals surface area (Å²) in [6, 6.07) is 7.97. The van der Waals surface area contributed by atoms with E-state index in [1.165, 1.54) is 6.33 Å². The zero-order chi connectivity index (χ0) is 20.1. The van der Waals surface area contributed by atoms with Crippen LogP contribution in [0.15, 0.2) is 61.0 Å². The fourth-order valence-corrected chi connectivity index (χ4v) is 2.72. The molecule has 0 saturated heterocycles. The number of aryl methyl sites for hydroxylation is 1. The van der Waals surface area contributed by atoms with Gasteiger partial charge in [-0.1, -0.05) is 12.6 Å². The Bertz CT molecular complexity index is 1030. The van der Waals surface area contributed by atoms with Crippen LogP contribution in [0.2, 0.25) is 0 Å². The van der Waals surface area contributed by atoms with Gasteiger partial charge in [-0.05, 0) is 50.6 Å². The lowest BCUT2D eigenvalue weighted by Crippen LogP contribution is -2.08. The molecule has 144 valence electrons. The van der Waals surface area contributed by atoms with Crippen LogP contribution in [-0.4, -0.2) is 28.6 Å². The van der Waals surface area contributed by atoms with E-state index in [4.69, 9.17) is 9.47 Å². The number of pyridine rings is 1. The molecule has 0 aliphatic rings. The van der Waals surface area contributed by atoms with Gasteiger partial charge in [0.15, 0.2) is 0 Å². The van der Waals surface area contributed by atoms with Crippen molar-refractivity contribution >= 4 is 16.7 Å². The number of rotatable bonds is 7. The van der Waals surface area contributed by atoms with Gasteiger partial charge in [0.25, 0.3) is 0 Å². The van der Waals surface area contributed by atoms with Gasteiger partial charge in [0, 0.05) is 17.1 Å². The van der Waals surface area contributed by atoms with E-state index in [9.17, 15) is 0 Å². The first-order valence-electron chi connectivity index (χ1n) is 9.00. The second kappa shape index (κ2) is 8.52. The topological polar surface area (TPSA) is 69.2 Å². The van der Waals surface area contributed by atoms with Gasteiger partial charge in [-0.25, -0.2) is 9.97 Å². The molecule has 0 bridgehead atoms. The van der Waals surface area contributed by atoms with Crippen LogP contribution in [0.1, 0.15) is 19.4 Å². The molecule has 0 saturated carbocycles. The molecule has 0 amide bonds. The van der Waals surface area contributed by atoms with Crippen LogP contribution in [-0.2, 0) is 4.74 Å². The maximum absolute atomic E-state index is 5.61. The third kappa shape index (κ3) is 4.28.